The molecule has 1 aromatic carbocycles. The molecule has 0 bridgehead atoms. The summed E-state index contributed by atoms with van der Waals surface area (Å²) in [4.78, 5) is 0. The molecule has 0 aliphatic heterocycles. The second-order valence-corrected chi connectivity index (χ2v) is 4.33. The van der Waals surface area contributed by atoms with Crippen LogP contribution in [0.25, 0.3) is 0 Å². The molecule has 1 atom stereocenters. The van der Waals surface area contributed by atoms with Gasteiger partial charge in [0.2, 0.25) is 0 Å². The van der Waals surface area contributed by atoms with E-state index in [-0.39, 0.29) is 5.82 Å². The van der Waals surface area contributed by atoms with E-state index in [2.05, 4.69) is 26.1 Å². The highest BCUT2D eigenvalue weighted by Gasteiger charge is 2.07. The third-order valence-electron chi connectivity index (χ3n) is 2.77. The quantitative estimate of drug-likeness (QED) is 0.749. The Kier molecular flexibility index (Phi) is 3.95. The summed E-state index contributed by atoms with van der Waals surface area (Å²) in [6, 6.07) is 4.43. The average Bonchev–Trinajstić information content (AvgIpc) is 2.15. The Morgan fingerprint density at radius 1 is 1.33 bits per heavy atom. The summed E-state index contributed by atoms with van der Waals surface area (Å²) in [7, 11) is 0. The van der Waals surface area contributed by atoms with Crippen LogP contribution in [0.15, 0.2) is 18.2 Å². The van der Waals surface area contributed by atoms with Crippen molar-refractivity contribution in [1.82, 2.24) is 0 Å². The molecule has 84 valence electrons. The Hall–Kier alpha value is -1.25. The van der Waals surface area contributed by atoms with E-state index in [1.807, 2.05) is 0 Å². The van der Waals surface area contributed by atoms with Crippen molar-refractivity contribution in [2.45, 2.75) is 20.8 Å². The molecule has 0 aliphatic rings. The first kappa shape index (κ1) is 11.8. The Morgan fingerprint density at radius 2 is 2.00 bits per heavy atom. The molecule has 0 saturated heterocycles. The summed E-state index contributed by atoms with van der Waals surface area (Å²) < 4.78 is 12.8. The van der Waals surface area contributed by atoms with E-state index in [4.69, 9.17) is 5.73 Å². The first-order valence-corrected chi connectivity index (χ1v) is 5.29. The van der Waals surface area contributed by atoms with Gasteiger partial charge in [-0.2, -0.15) is 0 Å². The van der Waals surface area contributed by atoms with Crippen molar-refractivity contribution in [2.75, 3.05) is 17.6 Å². The maximum atomic E-state index is 12.8. The number of hydrogen-bond donors (Lipinski definition) is 2. The molecule has 0 amide bonds. The van der Waals surface area contributed by atoms with Crippen molar-refractivity contribution in [1.29, 1.82) is 0 Å². The van der Waals surface area contributed by atoms with Crippen molar-refractivity contribution in [3.05, 3.63) is 24.0 Å². The summed E-state index contributed by atoms with van der Waals surface area (Å²) in [6.07, 6.45) is 0. The van der Waals surface area contributed by atoms with Gasteiger partial charge < -0.3 is 11.1 Å². The SMILES string of the molecule is CC(C)C(C)CNc1ccc(F)cc1N. The van der Waals surface area contributed by atoms with Crippen molar-refractivity contribution in [3.8, 4) is 0 Å². The third kappa shape index (κ3) is 3.42. The van der Waals surface area contributed by atoms with Gasteiger partial charge in [-0.1, -0.05) is 20.8 Å². The van der Waals surface area contributed by atoms with Gasteiger partial charge >= 0.3 is 0 Å². The lowest BCUT2D eigenvalue weighted by molar-refractivity contribution is 0.440. The molecule has 3 N–H and O–H groups in total. The monoisotopic (exact) mass is 210 g/mol. The average molecular weight is 210 g/mol. The van der Waals surface area contributed by atoms with Crippen LogP contribution in [-0.2, 0) is 0 Å². The Morgan fingerprint density at radius 3 is 2.53 bits per heavy atom. The summed E-state index contributed by atoms with van der Waals surface area (Å²) >= 11 is 0. The largest absolute Gasteiger partial charge is 0.397 e. The van der Waals surface area contributed by atoms with E-state index in [0.717, 1.165) is 12.2 Å². The zero-order chi connectivity index (χ0) is 11.4. The number of hydrogen-bond acceptors (Lipinski definition) is 2. The lowest BCUT2D eigenvalue weighted by atomic mass is 9.98. The zero-order valence-electron chi connectivity index (χ0n) is 9.55. The smallest absolute Gasteiger partial charge is 0.125 e. The van der Waals surface area contributed by atoms with Crippen LogP contribution in [0.5, 0.6) is 0 Å². The molecular formula is C12H19FN2. The van der Waals surface area contributed by atoms with Crippen molar-refractivity contribution in [3.63, 3.8) is 0 Å². The Labute approximate surface area is 90.7 Å². The molecule has 2 nitrogen and oxygen atoms in total. The van der Waals surface area contributed by atoms with Crippen LogP contribution in [0.4, 0.5) is 15.8 Å². The van der Waals surface area contributed by atoms with Crippen molar-refractivity contribution in [2.24, 2.45) is 11.8 Å². The second-order valence-electron chi connectivity index (χ2n) is 4.33. The molecule has 0 aliphatic carbocycles. The highest BCUT2D eigenvalue weighted by molar-refractivity contribution is 5.65. The third-order valence-corrected chi connectivity index (χ3v) is 2.77. The summed E-state index contributed by atoms with van der Waals surface area (Å²) in [5.74, 6) is 0.892. The van der Waals surface area contributed by atoms with E-state index in [9.17, 15) is 4.39 Å². The molecule has 0 fully saturated rings. The number of benzene rings is 1. The van der Waals surface area contributed by atoms with Crippen LogP contribution in [0.1, 0.15) is 20.8 Å². The maximum Gasteiger partial charge on any atom is 0.125 e. The molecule has 3 heteroatoms. The highest BCUT2D eigenvalue weighted by atomic mass is 19.1. The topological polar surface area (TPSA) is 38.0 Å². The van der Waals surface area contributed by atoms with Crippen LogP contribution in [0, 0.1) is 17.7 Å². The molecule has 0 radical (unpaired) electrons. The van der Waals surface area contributed by atoms with E-state index in [1.54, 1.807) is 6.07 Å². The second kappa shape index (κ2) is 5.01. The van der Waals surface area contributed by atoms with E-state index < -0.39 is 0 Å². The zero-order valence-corrected chi connectivity index (χ0v) is 9.55. The van der Waals surface area contributed by atoms with Gasteiger partial charge in [0.25, 0.3) is 0 Å². The molecule has 1 unspecified atom stereocenters. The number of nitrogens with one attached hydrogen (secondary N) is 1. The van der Waals surface area contributed by atoms with Crippen LogP contribution in [0.2, 0.25) is 0 Å². The Balaban J connectivity index is 2.58. The fourth-order valence-corrected chi connectivity index (χ4v) is 1.20. The van der Waals surface area contributed by atoms with Crippen LogP contribution >= 0.6 is 0 Å². The van der Waals surface area contributed by atoms with Crippen LogP contribution < -0.4 is 11.1 Å². The standard InChI is InChI=1S/C12H19FN2/c1-8(2)9(3)7-15-12-5-4-10(13)6-11(12)14/h4-6,8-9,15H,7,14H2,1-3H3. The number of nitrogens with two attached hydrogens (primary N) is 1. The number of rotatable bonds is 4. The van der Waals surface area contributed by atoms with Gasteiger partial charge in [-0.15, -0.1) is 0 Å². The fourth-order valence-electron chi connectivity index (χ4n) is 1.20. The fraction of sp³-hybridized carbons (Fsp3) is 0.500. The normalized spacial score (nSPS) is 12.9. The first-order chi connectivity index (χ1) is 7.00. The molecule has 0 heterocycles. The summed E-state index contributed by atoms with van der Waals surface area (Å²) in [5.41, 5.74) is 6.95. The van der Waals surface area contributed by atoms with Crippen LogP contribution in [0.3, 0.4) is 0 Å². The lowest BCUT2D eigenvalue weighted by Gasteiger charge is -2.17. The number of anilines is 2. The predicted molar refractivity (Wildman–Crippen MR) is 63.3 cm³/mol. The number of halogens is 1. The minimum absolute atomic E-state index is 0.296. The minimum atomic E-state index is -0.296. The van der Waals surface area contributed by atoms with Gasteiger partial charge in [0.15, 0.2) is 0 Å². The van der Waals surface area contributed by atoms with Gasteiger partial charge in [0.05, 0.1) is 11.4 Å². The van der Waals surface area contributed by atoms with Gasteiger partial charge in [-0.25, -0.2) is 4.39 Å². The predicted octanol–water partition coefficient (Wildman–Crippen LogP) is 3.11. The maximum absolute atomic E-state index is 12.8. The lowest BCUT2D eigenvalue weighted by Crippen LogP contribution is -2.16. The van der Waals surface area contributed by atoms with Gasteiger partial charge in [-0.05, 0) is 30.0 Å². The summed E-state index contributed by atoms with van der Waals surface area (Å²) in [5, 5.41) is 3.23. The van der Waals surface area contributed by atoms with E-state index >= 15 is 0 Å². The highest BCUT2D eigenvalue weighted by Crippen LogP contribution is 2.20. The minimum Gasteiger partial charge on any atom is -0.397 e. The van der Waals surface area contributed by atoms with E-state index in [1.165, 1.54) is 12.1 Å². The first-order valence-electron chi connectivity index (χ1n) is 5.29. The van der Waals surface area contributed by atoms with Gasteiger partial charge in [0, 0.05) is 6.54 Å². The number of nitrogen functional groups attached to an aromatic ring is 1. The molecule has 0 spiro atoms. The molecule has 0 saturated carbocycles. The summed E-state index contributed by atoms with van der Waals surface area (Å²) in [6.45, 7) is 7.39. The molecule has 1 aromatic rings. The van der Waals surface area contributed by atoms with Gasteiger partial charge in [0.1, 0.15) is 5.82 Å². The van der Waals surface area contributed by atoms with Crippen molar-refractivity contribution >= 4 is 11.4 Å². The van der Waals surface area contributed by atoms with Crippen LogP contribution in [-0.4, -0.2) is 6.54 Å². The van der Waals surface area contributed by atoms with Gasteiger partial charge in [-0.3, -0.25) is 0 Å². The molecule has 1 rings (SSSR count). The van der Waals surface area contributed by atoms with Crippen molar-refractivity contribution < 1.29 is 4.39 Å². The molecular weight excluding hydrogens is 191 g/mol. The van der Waals surface area contributed by atoms with E-state index in [0.29, 0.717) is 17.5 Å². The molecule has 0 aromatic heterocycles. The molecule has 15 heavy (non-hydrogen) atoms. The Bertz CT molecular complexity index is 323.